The molecule has 3 rings (SSSR count). The summed E-state index contributed by atoms with van der Waals surface area (Å²) in [6.07, 6.45) is 0. The van der Waals surface area contributed by atoms with E-state index in [0.717, 1.165) is 11.3 Å². The fourth-order valence-electron chi connectivity index (χ4n) is 3.10. The average Bonchev–Trinajstić information content (AvgIpc) is 2.64. The Bertz CT molecular complexity index is 786. The van der Waals surface area contributed by atoms with Gasteiger partial charge in [0.2, 0.25) is 5.91 Å². The van der Waals surface area contributed by atoms with Gasteiger partial charge in [-0.25, -0.2) is 0 Å². The lowest BCUT2D eigenvalue weighted by atomic mass is 10.1. The van der Waals surface area contributed by atoms with Gasteiger partial charge >= 0.3 is 0 Å². The van der Waals surface area contributed by atoms with Crippen molar-refractivity contribution in [1.29, 1.82) is 0 Å². The van der Waals surface area contributed by atoms with Gasteiger partial charge in [0.15, 0.2) is 0 Å². The van der Waals surface area contributed by atoms with Gasteiger partial charge in [-0.3, -0.25) is 9.59 Å². The topological polar surface area (TPSA) is 49.9 Å². The third kappa shape index (κ3) is 3.22. The Hall–Kier alpha value is -2.82. The van der Waals surface area contributed by atoms with Crippen LogP contribution < -0.4 is 9.64 Å². The Morgan fingerprint density at radius 1 is 1.08 bits per heavy atom. The van der Waals surface area contributed by atoms with Gasteiger partial charge in [0.25, 0.3) is 5.91 Å². The van der Waals surface area contributed by atoms with Gasteiger partial charge in [0, 0.05) is 18.7 Å². The van der Waals surface area contributed by atoms with E-state index in [9.17, 15) is 9.59 Å². The van der Waals surface area contributed by atoms with Crippen LogP contribution in [0.5, 0.6) is 5.75 Å². The zero-order valence-electron chi connectivity index (χ0n) is 14.7. The van der Waals surface area contributed by atoms with Gasteiger partial charge in [0.1, 0.15) is 11.8 Å². The monoisotopic (exact) mass is 338 g/mol. The second-order valence-corrected chi connectivity index (χ2v) is 6.20. The van der Waals surface area contributed by atoms with Crippen molar-refractivity contribution >= 4 is 17.5 Å². The molecule has 0 aliphatic carbocycles. The number of rotatable bonds is 3. The molecule has 0 N–H and O–H groups in total. The van der Waals surface area contributed by atoms with Gasteiger partial charge in [-0.1, -0.05) is 29.8 Å². The maximum Gasteiger partial charge on any atom is 0.254 e. The summed E-state index contributed by atoms with van der Waals surface area (Å²) in [7, 11) is 1.59. The van der Waals surface area contributed by atoms with E-state index in [1.54, 1.807) is 23.8 Å². The second kappa shape index (κ2) is 6.97. The highest BCUT2D eigenvalue weighted by Gasteiger charge is 2.36. The minimum atomic E-state index is -0.521. The summed E-state index contributed by atoms with van der Waals surface area (Å²) in [5.74, 6) is 0.443. The van der Waals surface area contributed by atoms with Crippen LogP contribution in [0.4, 0.5) is 5.69 Å². The molecule has 1 heterocycles. The molecule has 25 heavy (non-hydrogen) atoms. The van der Waals surface area contributed by atoms with E-state index in [1.165, 1.54) is 0 Å². The number of anilines is 1. The molecule has 2 aromatic carbocycles. The lowest BCUT2D eigenvalue weighted by Gasteiger charge is -2.39. The largest absolute Gasteiger partial charge is 0.495 e. The number of benzene rings is 2. The van der Waals surface area contributed by atoms with Crippen molar-refractivity contribution in [3.8, 4) is 5.75 Å². The summed E-state index contributed by atoms with van der Waals surface area (Å²) in [6, 6.07) is 14.3. The SMILES string of the molecule is COc1ccccc1N1CCN(C(=O)c2ccc(C)cc2)[C@@H](C)C1=O. The fourth-order valence-corrected chi connectivity index (χ4v) is 3.10. The van der Waals surface area contributed by atoms with Crippen LogP contribution >= 0.6 is 0 Å². The van der Waals surface area contributed by atoms with E-state index in [4.69, 9.17) is 4.74 Å². The molecule has 0 unspecified atom stereocenters. The Morgan fingerprint density at radius 2 is 1.76 bits per heavy atom. The first-order valence-electron chi connectivity index (χ1n) is 8.35. The maximum absolute atomic E-state index is 12.9. The molecule has 1 saturated heterocycles. The molecule has 2 aromatic rings. The van der Waals surface area contributed by atoms with Gasteiger partial charge in [-0.2, -0.15) is 0 Å². The van der Waals surface area contributed by atoms with Crippen LogP contribution in [0.25, 0.3) is 0 Å². The maximum atomic E-state index is 12.9. The van der Waals surface area contributed by atoms with E-state index < -0.39 is 6.04 Å². The van der Waals surface area contributed by atoms with Crippen molar-refractivity contribution in [1.82, 2.24) is 4.90 Å². The summed E-state index contributed by atoms with van der Waals surface area (Å²) < 4.78 is 5.36. The quantitative estimate of drug-likeness (QED) is 0.865. The number of piperazine rings is 1. The summed E-state index contributed by atoms with van der Waals surface area (Å²) >= 11 is 0. The molecule has 1 atom stereocenters. The molecule has 0 spiro atoms. The Labute approximate surface area is 147 Å². The van der Waals surface area contributed by atoms with Crippen LogP contribution in [-0.2, 0) is 4.79 Å². The Balaban J connectivity index is 1.82. The number of para-hydroxylation sites is 2. The zero-order valence-corrected chi connectivity index (χ0v) is 14.7. The van der Waals surface area contributed by atoms with E-state index in [0.29, 0.717) is 24.4 Å². The molecule has 0 aromatic heterocycles. The summed E-state index contributed by atoms with van der Waals surface area (Å²) in [5, 5.41) is 0. The number of aryl methyl sites for hydroxylation is 1. The van der Waals surface area contributed by atoms with Crippen LogP contribution in [0.1, 0.15) is 22.8 Å². The molecule has 0 bridgehead atoms. The standard InChI is InChI=1S/C20H22N2O3/c1-14-8-10-16(11-9-14)20(24)21-12-13-22(19(23)15(21)2)17-6-4-5-7-18(17)25-3/h4-11,15H,12-13H2,1-3H3/t15-/m0/s1. The van der Waals surface area contributed by atoms with Crippen LogP contribution in [0.3, 0.4) is 0 Å². The molecule has 1 aliphatic heterocycles. The number of hydrogen-bond acceptors (Lipinski definition) is 3. The lowest BCUT2D eigenvalue weighted by molar-refractivity contribution is -0.124. The van der Waals surface area contributed by atoms with Crippen molar-refractivity contribution in [2.45, 2.75) is 19.9 Å². The van der Waals surface area contributed by atoms with Crippen LogP contribution in [-0.4, -0.2) is 43.0 Å². The zero-order chi connectivity index (χ0) is 18.0. The molecule has 1 fully saturated rings. The van der Waals surface area contributed by atoms with E-state index in [-0.39, 0.29) is 11.8 Å². The predicted octanol–water partition coefficient (Wildman–Crippen LogP) is 2.88. The molecular weight excluding hydrogens is 316 g/mol. The van der Waals surface area contributed by atoms with Crippen molar-refractivity contribution in [3.05, 3.63) is 59.7 Å². The van der Waals surface area contributed by atoms with E-state index in [1.807, 2.05) is 55.5 Å². The minimum Gasteiger partial charge on any atom is -0.495 e. The van der Waals surface area contributed by atoms with Gasteiger partial charge in [-0.05, 0) is 38.1 Å². The fraction of sp³-hybridized carbons (Fsp3) is 0.300. The first-order chi connectivity index (χ1) is 12.0. The van der Waals surface area contributed by atoms with E-state index in [2.05, 4.69) is 0 Å². The highest BCUT2D eigenvalue weighted by atomic mass is 16.5. The molecule has 1 aliphatic rings. The predicted molar refractivity (Wildman–Crippen MR) is 97.0 cm³/mol. The molecule has 5 heteroatoms. The van der Waals surface area contributed by atoms with Crippen LogP contribution in [0.15, 0.2) is 48.5 Å². The van der Waals surface area contributed by atoms with Gasteiger partial charge in [-0.15, -0.1) is 0 Å². The first kappa shape index (κ1) is 17.0. The highest BCUT2D eigenvalue weighted by Crippen LogP contribution is 2.30. The number of ether oxygens (including phenoxy) is 1. The molecule has 2 amide bonds. The molecule has 5 nitrogen and oxygen atoms in total. The normalized spacial score (nSPS) is 17.6. The molecule has 0 saturated carbocycles. The highest BCUT2D eigenvalue weighted by molar-refractivity contribution is 6.04. The molecular formula is C20H22N2O3. The number of amides is 2. The Kier molecular flexibility index (Phi) is 4.74. The smallest absolute Gasteiger partial charge is 0.254 e. The summed E-state index contributed by atoms with van der Waals surface area (Å²) in [5.41, 5.74) is 2.45. The number of methoxy groups -OCH3 is 1. The first-order valence-corrected chi connectivity index (χ1v) is 8.35. The lowest BCUT2D eigenvalue weighted by Crippen LogP contribution is -2.57. The second-order valence-electron chi connectivity index (χ2n) is 6.20. The minimum absolute atomic E-state index is 0.101. The Morgan fingerprint density at radius 3 is 2.44 bits per heavy atom. The number of carbonyl (C=O) groups excluding carboxylic acids is 2. The number of nitrogens with zero attached hydrogens (tertiary/aromatic N) is 2. The van der Waals surface area contributed by atoms with Crippen molar-refractivity contribution in [2.24, 2.45) is 0 Å². The summed E-state index contributed by atoms with van der Waals surface area (Å²) in [4.78, 5) is 29.0. The third-order valence-electron chi connectivity index (χ3n) is 4.59. The molecule has 130 valence electrons. The van der Waals surface area contributed by atoms with Gasteiger partial charge in [0.05, 0.1) is 12.8 Å². The number of carbonyl (C=O) groups is 2. The number of hydrogen-bond donors (Lipinski definition) is 0. The van der Waals surface area contributed by atoms with E-state index >= 15 is 0 Å². The average molecular weight is 338 g/mol. The van der Waals surface area contributed by atoms with Crippen molar-refractivity contribution < 1.29 is 14.3 Å². The third-order valence-corrected chi connectivity index (χ3v) is 4.59. The van der Waals surface area contributed by atoms with Gasteiger partial charge < -0.3 is 14.5 Å². The van der Waals surface area contributed by atoms with Crippen LogP contribution in [0.2, 0.25) is 0 Å². The van der Waals surface area contributed by atoms with Crippen molar-refractivity contribution in [3.63, 3.8) is 0 Å². The molecule has 0 radical (unpaired) electrons. The summed E-state index contributed by atoms with van der Waals surface area (Å²) in [6.45, 7) is 4.68. The van der Waals surface area contributed by atoms with Crippen LogP contribution in [0, 0.1) is 6.92 Å². The van der Waals surface area contributed by atoms with Crippen molar-refractivity contribution in [2.75, 3.05) is 25.1 Å².